The van der Waals surface area contributed by atoms with Gasteiger partial charge in [-0.1, -0.05) is 177 Å². The number of esters is 3. The van der Waals surface area contributed by atoms with Crippen molar-refractivity contribution in [1.29, 1.82) is 0 Å². The Kier molecular flexibility index (Phi) is 36.0. The minimum Gasteiger partial charge on any atom is -0.461 e. The fourth-order valence-corrected chi connectivity index (χ4v) is 12.2. The molecule has 4 aromatic carbocycles. The van der Waals surface area contributed by atoms with Gasteiger partial charge in [-0.05, 0) is 114 Å². The van der Waals surface area contributed by atoms with Crippen LogP contribution in [-0.4, -0.2) is 197 Å². The molecule has 574 valence electrons. The quantitative estimate of drug-likeness (QED) is 0.0378. The smallest absolute Gasteiger partial charge is 0.410 e. The van der Waals surface area contributed by atoms with E-state index >= 15 is 0 Å². The van der Waals surface area contributed by atoms with Gasteiger partial charge in [0.1, 0.15) is 60.7 Å². The van der Waals surface area contributed by atoms with Crippen molar-refractivity contribution in [2.24, 2.45) is 17.8 Å². The second-order valence-corrected chi connectivity index (χ2v) is 29.0. The lowest BCUT2D eigenvalue weighted by Gasteiger charge is -2.37. The predicted molar refractivity (Wildman–Crippen MR) is 402 cm³/mol. The maximum absolute atomic E-state index is 14.5. The molecular formula is C81H120N8O15. The molecule has 7 atom stereocenters. The molecule has 4 aromatic rings. The van der Waals surface area contributed by atoms with Gasteiger partial charge in [0.2, 0.25) is 41.4 Å². The van der Waals surface area contributed by atoms with Crippen LogP contribution in [0.4, 0.5) is 4.79 Å². The van der Waals surface area contributed by atoms with E-state index in [4.69, 9.17) is 21.7 Å². The molecule has 8 amide bonds. The second-order valence-electron chi connectivity index (χ2n) is 29.0. The first-order chi connectivity index (χ1) is 50.1. The maximum atomic E-state index is 14.5. The van der Waals surface area contributed by atoms with Gasteiger partial charge >= 0.3 is 24.0 Å². The summed E-state index contributed by atoms with van der Waals surface area (Å²) in [6.45, 7) is 23.7. The van der Waals surface area contributed by atoms with Crippen LogP contribution in [0.15, 0.2) is 121 Å². The largest absolute Gasteiger partial charge is 0.461 e. The zero-order valence-electron chi connectivity index (χ0n) is 66.8. The first-order valence-corrected chi connectivity index (χ1v) is 36.0. The number of carbonyl (C=O) groups is 11. The Morgan fingerprint density at radius 1 is 0.462 bits per heavy atom. The highest BCUT2D eigenvalue weighted by Gasteiger charge is 2.42. The Hall–Kier alpha value is -9.15. The molecule has 2 N–H and O–H groups in total. The van der Waals surface area contributed by atoms with E-state index in [0.29, 0.717) is 33.1 Å². The van der Waals surface area contributed by atoms with E-state index < -0.39 is 113 Å². The van der Waals surface area contributed by atoms with Gasteiger partial charge < -0.3 is 54.1 Å². The molecule has 0 spiro atoms. The Balaban J connectivity index is 0.000000521. The lowest BCUT2D eigenvalue weighted by Crippen LogP contribution is -2.60. The molecule has 23 nitrogen and oxygen atoms in total. The molecular weight excluding hydrogens is 1320 g/mol. The molecule has 23 heteroatoms. The molecule has 0 bridgehead atoms. The fourth-order valence-electron chi connectivity index (χ4n) is 12.2. The number of rotatable bonds is 29. The minimum absolute atomic E-state index is 0.0233. The molecule has 2 aliphatic heterocycles. The van der Waals surface area contributed by atoms with Crippen molar-refractivity contribution in [2.45, 2.75) is 229 Å². The molecule has 2 heterocycles. The summed E-state index contributed by atoms with van der Waals surface area (Å²) in [4.78, 5) is 158. The summed E-state index contributed by atoms with van der Waals surface area (Å²) in [5, 5.41) is 5.60. The van der Waals surface area contributed by atoms with Crippen LogP contribution in [0.3, 0.4) is 0 Å². The van der Waals surface area contributed by atoms with E-state index in [1.165, 1.54) is 55.2 Å². The third-order valence-electron chi connectivity index (χ3n) is 17.5. The lowest BCUT2D eigenvalue weighted by molar-refractivity contribution is -0.159. The van der Waals surface area contributed by atoms with Gasteiger partial charge in [0.05, 0.1) is 19.3 Å². The molecule has 0 aromatic heterocycles. The highest BCUT2D eigenvalue weighted by Crippen LogP contribution is 2.24. The number of piperidine rings is 2. The zero-order valence-corrected chi connectivity index (χ0v) is 64.8. The van der Waals surface area contributed by atoms with Crippen LogP contribution in [0.5, 0.6) is 0 Å². The molecule has 2 fully saturated rings. The van der Waals surface area contributed by atoms with E-state index in [1.807, 2.05) is 121 Å². The summed E-state index contributed by atoms with van der Waals surface area (Å²) in [7, 11) is 7.30. The summed E-state index contributed by atoms with van der Waals surface area (Å²) >= 11 is 0. The summed E-state index contributed by atoms with van der Waals surface area (Å²) in [5.74, 6) is -6.67. The van der Waals surface area contributed by atoms with Crippen molar-refractivity contribution in [3.8, 4) is 0 Å². The topological polar surface area (TPSA) is 268 Å². The van der Waals surface area contributed by atoms with Crippen LogP contribution in [0.2, 0.25) is 0 Å². The number of carbonyl (C=O) groups excluding carboxylic acids is 11. The first-order valence-electron chi connectivity index (χ1n) is 37.7. The molecule has 2 saturated heterocycles. The number of likely N-dealkylation sites (tertiary alicyclic amines) is 2. The van der Waals surface area contributed by atoms with E-state index in [2.05, 4.69) is 10.6 Å². The Morgan fingerprint density at radius 2 is 0.779 bits per heavy atom. The summed E-state index contributed by atoms with van der Waals surface area (Å²) in [5.41, 5.74) is 1.71. The third-order valence-corrected chi connectivity index (χ3v) is 17.5. The van der Waals surface area contributed by atoms with E-state index in [1.54, 1.807) is 92.9 Å². The van der Waals surface area contributed by atoms with Crippen molar-refractivity contribution in [1.82, 2.24) is 40.0 Å². The normalized spacial score (nSPS) is 15.1. The Bertz CT molecular complexity index is 3380. The molecule has 2 unspecified atom stereocenters. The third kappa shape index (κ3) is 29.5. The van der Waals surface area contributed by atoms with Crippen LogP contribution in [0.25, 0.3) is 0 Å². The highest BCUT2D eigenvalue weighted by molar-refractivity contribution is 5.97. The van der Waals surface area contributed by atoms with Gasteiger partial charge in [0.25, 0.3) is 0 Å². The number of nitrogens with one attached hydrogen (secondary N) is 2. The zero-order chi connectivity index (χ0) is 79.4. The van der Waals surface area contributed by atoms with Gasteiger partial charge in [0.15, 0.2) is 0 Å². The predicted octanol–water partition coefficient (Wildman–Crippen LogP) is 10.8. The van der Waals surface area contributed by atoms with Crippen molar-refractivity contribution < 1.29 is 74.4 Å². The van der Waals surface area contributed by atoms with Gasteiger partial charge in [-0.25, -0.2) is 4.79 Å². The summed E-state index contributed by atoms with van der Waals surface area (Å²) < 4.78 is 33.9. The van der Waals surface area contributed by atoms with Crippen LogP contribution >= 0.6 is 0 Å². The van der Waals surface area contributed by atoms with Crippen molar-refractivity contribution in [3.63, 3.8) is 0 Å². The second kappa shape index (κ2) is 43.8. The van der Waals surface area contributed by atoms with Crippen molar-refractivity contribution >= 4 is 65.4 Å². The number of benzene rings is 4. The van der Waals surface area contributed by atoms with Crippen LogP contribution in [-0.2, 0) is 92.9 Å². The van der Waals surface area contributed by atoms with E-state index in [-0.39, 0.29) is 63.1 Å². The number of nitrogens with zero attached hydrogens (tertiary/aromatic N) is 6. The minimum atomic E-state index is -1.20. The first kappa shape index (κ1) is 85.5. The van der Waals surface area contributed by atoms with E-state index in [9.17, 15) is 52.7 Å². The number of amides is 8. The van der Waals surface area contributed by atoms with Crippen LogP contribution in [0.1, 0.15) is 180 Å². The molecule has 6 rings (SSSR count). The van der Waals surface area contributed by atoms with Crippen molar-refractivity contribution in [2.75, 3.05) is 54.4 Å². The van der Waals surface area contributed by atoms with Crippen molar-refractivity contribution in [3.05, 3.63) is 144 Å². The van der Waals surface area contributed by atoms with Gasteiger partial charge in [-0.2, -0.15) is 0 Å². The standard InChI is InChI=1S/C41H58N4O8.C37H52N4O7.C2H6.CH4/c1-28(2)36(37(48)42-32(39(50)45-22-16-11-17-23-45)26-34(46)52-27-31-20-14-10-15-21-31)44(8)40(51)33(25-30-18-12-9-13-19-30)43(7)38(49)29(3)24-35(47)53-41(4,5)6;1-26(2)32(40(7)35(45)30(23-27-17-11-8-12-18-27)39(6)36(46)48-37(3,4)5)33(43)38-29(34(44)41-21-15-10-16-22-41)24-31(42)47-25-28-19-13-9-14-20-28;1-2;/h9-10,12-15,18-21,28-29,32-33,36H,11,16-17,22-27H2,1-8H3,(H,42,48);8-9,11-14,17-20,26,29-30,32H,10,15-16,21-25H2,1-7H3,(H,38,43);1-2H3;1H4/t29-,32+,33?,36+;29-,30?,32-;;/m10../s1/i;;1D;1T. The van der Waals surface area contributed by atoms with Crippen LogP contribution in [0, 0.1) is 17.8 Å². The Labute approximate surface area is 621 Å². The highest BCUT2D eigenvalue weighted by atomic mass is 16.6. The Morgan fingerprint density at radius 3 is 1.10 bits per heavy atom. The SMILES string of the molecule is CC(C)[C@@H](C(=O)N[C@@H](CC(=O)OCc1ccccc1)C(=O)N1CCCCC1)N(C)C(=O)C(Cc1ccccc1)N(C)C(=O)OC(C)(C)C.CC(C)[C@@H](C(=O)N[C@@H](CC(=O)OCc1ccccc1)C(=O)N1CCCCC1)N(C)C(=O)C(Cc1ccccc1)N(C)C(=O)[C@H](C)CC(=O)OC(C)(C)C.[2H]CC.[3H]C. The molecule has 0 saturated carbocycles. The van der Waals surface area contributed by atoms with Crippen LogP contribution < -0.4 is 10.6 Å². The van der Waals surface area contributed by atoms with Gasteiger partial charge in [-0.3, -0.25) is 52.8 Å². The molecule has 2 aliphatic rings. The van der Waals surface area contributed by atoms with Gasteiger partial charge in [-0.15, -0.1) is 0 Å². The number of hydrogen-bond donors (Lipinski definition) is 2. The van der Waals surface area contributed by atoms with Gasteiger partial charge in [0, 0.05) is 75.9 Å². The monoisotopic (exact) mass is 1450 g/mol. The maximum Gasteiger partial charge on any atom is 0.410 e. The fraction of sp³-hybridized carbons (Fsp3) is 0.568. The molecule has 0 aliphatic carbocycles. The lowest BCUT2D eigenvalue weighted by atomic mass is 9.97. The average molecular weight is 1450 g/mol. The molecule has 0 radical (unpaired) electrons. The number of hydrogen-bond acceptors (Lipinski definition) is 15. The molecule has 104 heavy (non-hydrogen) atoms. The average Bonchev–Trinajstić information content (AvgIpc) is 0.819. The number of likely N-dealkylation sites (N-methyl/N-ethyl adjacent to an activating group) is 4. The summed E-state index contributed by atoms with van der Waals surface area (Å²) in [6.07, 6.45) is 4.09. The van der Waals surface area contributed by atoms with E-state index in [0.717, 1.165) is 60.8 Å². The summed E-state index contributed by atoms with van der Waals surface area (Å²) in [6, 6.07) is 30.4. The number of ether oxygens (including phenoxy) is 4.